The first-order valence-corrected chi connectivity index (χ1v) is 12.2. The van der Waals surface area contributed by atoms with Gasteiger partial charge in [-0.1, -0.05) is 5.10 Å². The van der Waals surface area contributed by atoms with Gasteiger partial charge in [-0.2, -0.15) is 18.2 Å². The van der Waals surface area contributed by atoms with Gasteiger partial charge in [-0.25, -0.2) is 4.68 Å². The van der Waals surface area contributed by atoms with E-state index in [1.165, 1.54) is 4.68 Å². The van der Waals surface area contributed by atoms with E-state index in [-0.39, 0.29) is 41.6 Å². The van der Waals surface area contributed by atoms with Gasteiger partial charge < -0.3 is 24.1 Å². The molecule has 0 spiro atoms. The number of benzene rings is 1. The summed E-state index contributed by atoms with van der Waals surface area (Å²) < 4.78 is 94.3. The van der Waals surface area contributed by atoms with Gasteiger partial charge >= 0.3 is 24.6 Å². The Bertz CT molecular complexity index is 1310. The maximum Gasteiger partial charge on any atom is 0.573 e. The second kappa shape index (κ2) is 9.79. The quantitative estimate of drug-likeness (QED) is 0.370. The molecule has 3 atom stereocenters. The molecule has 1 aliphatic carbocycles. The molecule has 0 radical (unpaired) electrons. The molecular formula is C23H25F6N7O3. The normalized spacial score (nSPS) is 21.5. The van der Waals surface area contributed by atoms with Crippen molar-refractivity contribution in [1.29, 1.82) is 0 Å². The van der Waals surface area contributed by atoms with Gasteiger partial charge in [0.1, 0.15) is 17.1 Å². The molecule has 2 aliphatic rings. The Morgan fingerprint density at radius 3 is 2.31 bits per heavy atom. The van der Waals surface area contributed by atoms with E-state index in [1.807, 2.05) is 0 Å². The number of hydrogen-bond acceptors (Lipinski definition) is 9. The first-order chi connectivity index (χ1) is 18.3. The molecule has 1 aromatic carbocycles. The van der Waals surface area contributed by atoms with Crippen molar-refractivity contribution in [2.75, 3.05) is 23.3 Å². The van der Waals surface area contributed by atoms with E-state index in [1.54, 1.807) is 20.8 Å². The van der Waals surface area contributed by atoms with Crippen molar-refractivity contribution in [3.05, 3.63) is 29.7 Å². The van der Waals surface area contributed by atoms with E-state index in [2.05, 4.69) is 35.2 Å². The van der Waals surface area contributed by atoms with Crippen LogP contribution >= 0.6 is 0 Å². The zero-order valence-electron chi connectivity index (χ0n) is 21.0. The van der Waals surface area contributed by atoms with Gasteiger partial charge in [-0.05, 0) is 56.7 Å². The van der Waals surface area contributed by atoms with E-state index >= 15 is 0 Å². The molecule has 10 nitrogen and oxygen atoms in total. The van der Waals surface area contributed by atoms with E-state index in [9.17, 15) is 26.3 Å². The van der Waals surface area contributed by atoms with Gasteiger partial charge in [0.25, 0.3) is 0 Å². The number of nitrogens with one attached hydrogen (secondary N) is 1. The standard InChI is InChI=1S/C23H25F6N7O3/c1-11(2)36-20(38-15-6-7-17(39-23(27,28)29)16(8-15)22(24,25)26)31-19(34-36)30-18-13-4-5-14(18)10-35(9-13)21-33-32-12(3)37-21/h6-8,11,13-14,18H,4-5,9-10H2,1-3H3,(H,30,34)/t13-,14+,18+. The molecule has 2 fully saturated rings. The molecule has 5 rings (SSSR count). The van der Waals surface area contributed by atoms with Crippen LogP contribution in [0.15, 0.2) is 22.6 Å². The van der Waals surface area contributed by atoms with Gasteiger partial charge in [0, 0.05) is 26.1 Å². The number of hydrogen-bond donors (Lipinski definition) is 1. The molecule has 2 aromatic heterocycles. The van der Waals surface area contributed by atoms with Gasteiger partial charge in [0.2, 0.25) is 11.8 Å². The highest BCUT2D eigenvalue weighted by Gasteiger charge is 2.44. The van der Waals surface area contributed by atoms with Crippen molar-refractivity contribution < 1.29 is 40.2 Å². The van der Waals surface area contributed by atoms with Crippen LogP contribution in [0.2, 0.25) is 0 Å². The average molecular weight is 561 g/mol. The van der Waals surface area contributed by atoms with Crippen LogP contribution in [0.3, 0.4) is 0 Å². The third-order valence-corrected chi connectivity index (χ3v) is 6.70. The number of piperidine rings is 1. The number of fused-ring (bicyclic) bond motifs is 2. The summed E-state index contributed by atoms with van der Waals surface area (Å²) in [6, 6.07) is 2.05. The molecule has 3 heterocycles. The Morgan fingerprint density at radius 2 is 1.74 bits per heavy atom. The topological polar surface area (TPSA) is 103 Å². The second-order valence-electron chi connectivity index (χ2n) is 9.84. The Labute approximate surface area is 218 Å². The molecule has 39 heavy (non-hydrogen) atoms. The number of halogens is 6. The maximum atomic E-state index is 13.5. The van der Waals surface area contributed by atoms with Crippen LogP contribution in [-0.4, -0.2) is 50.5 Å². The van der Waals surface area contributed by atoms with Crippen LogP contribution in [0.1, 0.15) is 44.2 Å². The van der Waals surface area contributed by atoms with Crippen molar-refractivity contribution in [2.24, 2.45) is 11.8 Å². The molecule has 0 amide bonds. The van der Waals surface area contributed by atoms with E-state index in [0.29, 0.717) is 37.1 Å². The molecule has 212 valence electrons. The summed E-state index contributed by atoms with van der Waals surface area (Å²) in [5.41, 5.74) is -1.63. The molecule has 2 bridgehead atoms. The van der Waals surface area contributed by atoms with E-state index < -0.39 is 23.9 Å². The van der Waals surface area contributed by atoms with Crippen LogP contribution in [0, 0.1) is 18.8 Å². The van der Waals surface area contributed by atoms with Crippen LogP contribution in [0.25, 0.3) is 0 Å². The third kappa shape index (κ3) is 5.83. The first kappa shape index (κ1) is 26.9. The molecular weight excluding hydrogens is 536 g/mol. The second-order valence-corrected chi connectivity index (χ2v) is 9.84. The Morgan fingerprint density at radius 1 is 1.05 bits per heavy atom. The van der Waals surface area contributed by atoms with Crippen molar-refractivity contribution >= 4 is 12.0 Å². The molecule has 16 heteroatoms. The highest BCUT2D eigenvalue weighted by molar-refractivity contribution is 5.43. The zero-order chi connectivity index (χ0) is 28.1. The van der Waals surface area contributed by atoms with Gasteiger partial charge in [0.15, 0.2) is 0 Å². The molecule has 0 unspecified atom stereocenters. The minimum Gasteiger partial charge on any atom is -0.424 e. The minimum atomic E-state index is -5.29. The Kier molecular flexibility index (Phi) is 6.74. The number of anilines is 2. The van der Waals surface area contributed by atoms with Crippen LogP contribution in [-0.2, 0) is 6.18 Å². The average Bonchev–Trinajstić information content (AvgIpc) is 3.49. The number of ether oxygens (including phenoxy) is 2. The maximum absolute atomic E-state index is 13.5. The number of aryl methyl sites for hydroxylation is 1. The summed E-state index contributed by atoms with van der Waals surface area (Å²) in [6.07, 6.45) is -8.48. The highest BCUT2D eigenvalue weighted by Crippen LogP contribution is 2.42. The molecule has 1 N–H and O–H groups in total. The third-order valence-electron chi connectivity index (χ3n) is 6.70. The fourth-order valence-corrected chi connectivity index (χ4v) is 5.07. The van der Waals surface area contributed by atoms with Crippen LogP contribution < -0.4 is 19.7 Å². The van der Waals surface area contributed by atoms with Gasteiger partial charge in [-0.15, -0.1) is 23.4 Å². The molecule has 3 aromatic rings. The van der Waals surface area contributed by atoms with E-state index in [0.717, 1.165) is 18.9 Å². The SMILES string of the molecule is Cc1nnc(N2C[C@H]3CC[C@@H](C2)[C@H]3Nc2nc(Oc3ccc(OC(F)(F)F)c(C(F)(F)F)c3)n(C(C)C)n2)o1. The number of aromatic nitrogens is 5. The largest absolute Gasteiger partial charge is 0.573 e. The summed E-state index contributed by atoms with van der Waals surface area (Å²) in [4.78, 5) is 6.40. The zero-order valence-corrected chi connectivity index (χ0v) is 21.0. The lowest BCUT2D eigenvalue weighted by Crippen LogP contribution is -2.48. The highest BCUT2D eigenvalue weighted by atomic mass is 19.4. The Hall–Kier alpha value is -3.72. The summed E-state index contributed by atoms with van der Waals surface area (Å²) in [5, 5.41) is 15.8. The minimum absolute atomic E-state index is 0.0387. The predicted octanol–water partition coefficient (Wildman–Crippen LogP) is 5.59. The molecule has 1 saturated heterocycles. The number of nitrogens with zero attached hydrogens (tertiary/aromatic N) is 6. The lowest BCUT2D eigenvalue weighted by molar-refractivity contribution is -0.276. The van der Waals surface area contributed by atoms with Crippen LogP contribution in [0.4, 0.5) is 38.3 Å². The summed E-state index contributed by atoms with van der Waals surface area (Å²) in [7, 11) is 0. The lowest BCUT2D eigenvalue weighted by Gasteiger charge is -2.37. The van der Waals surface area contributed by atoms with Gasteiger partial charge in [-0.3, -0.25) is 0 Å². The fourth-order valence-electron chi connectivity index (χ4n) is 5.07. The molecule has 1 saturated carbocycles. The summed E-state index contributed by atoms with van der Waals surface area (Å²) in [5.74, 6) is -0.564. The summed E-state index contributed by atoms with van der Waals surface area (Å²) in [6.45, 7) is 6.67. The number of rotatable bonds is 7. The fraction of sp³-hybridized carbons (Fsp3) is 0.565. The van der Waals surface area contributed by atoms with Gasteiger partial charge in [0.05, 0.1) is 6.04 Å². The molecule has 1 aliphatic heterocycles. The van der Waals surface area contributed by atoms with E-state index in [4.69, 9.17) is 9.15 Å². The predicted molar refractivity (Wildman–Crippen MR) is 123 cm³/mol. The monoisotopic (exact) mass is 561 g/mol. The smallest absolute Gasteiger partial charge is 0.424 e. The first-order valence-electron chi connectivity index (χ1n) is 12.2. The van der Waals surface area contributed by atoms with Crippen molar-refractivity contribution in [3.63, 3.8) is 0 Å². The number of alkyl halides is 6. The van der Waals surface area contributed by atoms with Crippen molar-refractivity contribution in [2.45, 2.75) is 58.2 Å². The summed E-state index contributed by atoms with van der Waals surface area (Å²) >= 11 is 0. The van der Waals surface area contributed by atoms with Crippen molar-refractivity contribution in [1.82, 2.24) is 25.0 Å². The van der Waals surface area contributed by atoms with Crippen molar-refractivity contribution in [3.8, 4) is 17.5 Å². The van der Waals surface area contributed by atoms with Crippen LogP contribution in [0.5, 0.6) is 17.5 Å². The Balaban J connectivity index is 1.34. The lowest BCUT2D eigenvalue weighted by atomic mass is 9.92.